The maximum atomic E-state index is 15.5. The number of carbonyl (C=O) groups is 1. The van der Waals surface area contributed by atoms with Crippen molar-refractivity contribution in [1.29, 1.82) is 0 Å². The van der Waals surface area contributed by atoms with Gasteiger partial charge >= 0.3 is 5.97 Å². The van der Waals surface area contributed by atoms with Crippen LogP contribution in [0.2, 0.25) is 0 Å². The second kappa shape index (κ2) is 13.0. The monoisotopic (exact) mass is 509 g/mol. The van der Waals surface area contributed by atoms with Crippen LogP contribution < -0.4 is 4.74 Å². The summed E-state index contributed by atoms with van der Waals surface area (Å²) < 4.78 is 23.0. The van der Waals surface area contributed by atoms with Crippen LogP contribution in [0.15, 0.2) is 48.9 Å². The maximum Gasteiger partial charge on any atom is 0.303 e. The minimum absolute atomic E-state index is 0.177. The highest BCUT2D eigenvalue weighted by molar-refractivity contribution is 5.83. The predicted molar refractivity (Wildman–Crippen MR) is 145 cm³/mol. The van der Waals surface area contributed by atoms with Gasteiger partial charge in [-0.15, -0.1) is 0 Å². The summed E-state index contributed by atoms with van der Waals surface area (Å²) in [5.41, 5.74) is 2.80. The van der Waals surface area contributed by atoms with E-state index in [-0.39, 0.29) is 6.42 Å². The standard InChI is InChI=1S/C30H40FN3O3/c1-33-17-13-22(20-33)5-3-4-16-34-18-14-23(24(21-34)7-11-30(35)36)6-9-28(31)26-12-15-32-29-10-8-25(37-2)19-27(26)29/h8,10,12-13,15,17,19-20,23-24,28H,3-7,9,11,14,16,18,21H2,1-2H3,(H,35,36)/t23-,24+,28?/m1/s1. The van der Waals surface area contributed by atoms with Crippen LogP contribution in [0.25, 0.3) is 10.9 Å². The summed E-state index contributed by atoms with van der Waals surface area (Å²) in [6.45, 7) is 2.96. The van der Waals surface area contributed by atoms with E-state index in [0.717, 1.165) is 62.6 Å². The van der Waals surface area contributed by atoms with E-state index in [1.54, 1.807) is 19.4 Å². The molecule has 2 aromatic heterocycles. The molecular weight excluding hydrogens is 469 g/mol. The molecule has 0 aliphatic carbocycles. The molecule has 37 heavy (non-hydrogen) atoms. The summed E-state index contributed by atoms with van der Waals surface area (Å²) in [5, 5.41) is 10.1. The van der Waals surface area contributed by atoms with Gasteiger partial charge in [-0.2, -0.15) is 0 Å². The fourth-order valence-electron chi connectivity index (χ4n) is 5.81. The number of carboxylic acid groups (broad SMARTS) is 1. The van der Waals surface area contributed by atoms with Crippen molar-refractivity contribution in [2.24, 2.45) is 18.9 Å². The van der Waals surface area contributed by atoms with E-state index in [0.29, 0.717) is 36.0 Å². The Hall–Kier alpha value is -2.93. The highest BCUT2D eigenvalue weighted by Gasteiger charge is 2.30. The number of nitrogens with zero attached hydrogens (tertiary/aromatic N) is 3. The van der Waals surface area contributed by atoms with Crippen molar-refractivity contribution in [3.8, 4) is 5.75 Å². The SMILES string of the molecule is COc1ccc2nccc(C(F)CC[C@@H]3CCN(CCCCc4ccn(C)c4)C[C@@H]3CCC(=O)O)c2c1. The Balaban J connectivity index is 1.32. The number of ether oxygens (including phenoxy) is 1. The predicted octanol–water partition coefficient (Wildman–Crippen LogP) is 6.20. The Morgan fingerprint density at radius 1 is 1.22 bits per heavy atom. The second-order valence-corrected chi connectivity index (χ2v) is 10.5. The largest absolute Gasteiger partial charge is 0.497 e. The highest BCUT2D eigenvalue weighted by Crippen LogP contribution is 2.36. The summed E-state index contributed by atoms with van der Waals surface area (Å²) >= 11 is 0. The number of fused-ring (bicyclic) bond motifs is 1. The number of benzene rings is 1. The zero-order chi connectivity index (χ0) is 26.2. The molecule has 1 saturated heterocycles. The average molecular weight is 510 g/mol. The van der Waals surface area contributed by atoms with Crippen molar-refractivity contribution in [3.05, 3.63) is 60.0 Å². The summed E-state index contributed by atoms with van der Waals surface area (Å²) in [6.07, 6.45) is 11.3. The summed E-state index contributed by atoms with van der Waals surface area (Å²) in [6, 6.07) is 9.51. The van der Waals surface area contributed by atoms with E-state index in [9.17, 15) is 9.90 Å². The second-order valence-electron chi connectivity index (χ2n) is 10.5. The number of rotatable bonds is 13. The molecule has 1 N–H and O–H groups in total. The number of piperidine rings is 1. The molecular formula is C30H40FN3O3. The summed E-state index contributed by atoms with van der Waals surface area (Å²) in [5.74, 6) is 0.583. The highest BCUT2D eigenvalue weighted by atomic mass is 19.1. The zero-order valence-corrected chi connectivity index (χ0v) is 22.1. The fraction of sp³-hybridized carbons (Fsp3) is 0.533. The molecule has 0 spiro atoms. The lowest BCUT2D eigenvalue weighted by Crippen LogP contribution is -2.41. The van der Waals surface area contributed by atoms with Gasteiger partial charge in [0, 0.05) is 44.0 Å². The van der Waals surface area contributed by atoms with Gasteiger partial charge in [0.25, 0.3) is 0 Å². The number of carboxylic acids is 1. The quantitative estimate of drug-likeness (QED) is 0.278. The van der Waals surface area contributed by atoms with Crippen LogP contribution >= 0.6 is 0 Å². The van der Waals surface area contributed by atoms with Gasteiger partial charge in [-0.25, -0.2) is 4.39 Å². The van der Waals surface area contributed by atoms with E-state index in [2.05, 4.69) is 32.9 Å². The van der Waals surface area contributed by atoms with Gasteiger partial charge < -0.3 is 19.3 Å². The molecule has 7 heteroatoms. The molecule has 4 rings (SSSR count). The first-order valence-corrected chi connectivity index (χ1v) is 13.5. The molecule has 0 saturated carbocycles. The molecule has 1 aliphatic rings. The molecule has 200 valence electrons. The van der Waals surface area contributed by atoms with Crippen molar-refractivity contribution in [3.63, 3.8) is 0 Å². The number of halogens is 1. The van der Waals surface area contributed by atoms with Crippen LogP contribution in [0, 0.1) is 11.8 Å². The number of methoxy groups -OCH3 is 1. The minimum Gasteiger partial charge on any atom is -0.497 e. The van der Waals surface area contributed by atoms with Crippen LogP contribution in [0.1, 0.15) is 62.2 Å². The molecule has 1 fully saturated rings. The fourth-order valence-corrected chi connectivity index (χ4v) is 5.81. The van der Waals surface area contributed by atoms with E-state index in [1.807, 2.05) is 25.2 Å². The van der Waals surface area contributed by atoms with Crippen LogP contribution in [-0.2, 0) is 18.3 Å². The molecule has 3 aromatic rings. The minimum atomic E-state index is -1.09. The summed E-state index contributed by atoms with van der Waals surface area (Å²) in [4.78, 5) is 18.2. The molecule has 3 atom stereocenters. The van der Waals surface area contributed by atoms with Gasteiger partial charge in [0.2, 0.25) is 0 Å². The zero-order valence-electron chi connectivity index (χ0n) is 22.1. The van der Waals surface area contributed by atoms with Gasteiger partial charge in [-0.3, -0.25) is 9.78 Å². The lowest BCUT2D eigenvalue weighted by atomic mass is 9.79. The number of likely N-dealkylation sites (tertiary alicyclic amines) is 1. The normalized spacial score (nSPS) is 19.2. The topological polar surface area (TPSA) is 67.6 Å². The molecule has 1 unspecified atom stereocenters. The van der Waals surface area contributed by atoms with Crippen molar-refractivity contribution in [2.75, 3.05) is 26.7 Å². The van der Waals surface area contributed by atoms with Crippen molar-refractivity contribution in [1.82, 2.24) is 14.5 Å². The van der Waals surface area contributed by atoms with Crippen molar-refractivity contribution < 1.29 is 19.0 Å². The van der Waals surface area contributed by atoms with E-state index < -0.39 is 12.1 Å². The van der Waals surface area contributed by atoms with E-state index >= 15 is 4.39 Å². The number of hydrogen-bond donors (Lipinski definition) is 1. The van der Waals surface area contributed by atoms with Crippen LogP contribution in [0.4, 0.5) is 4.39 Å². The first-order valence-electron chi connectivity index (χ1n) is 13.5. The first-order chi connectivity index (χ1) is 17.9. The number of aromatic nitrogens is 2. The molecule has 1 aliphatic heterocycles. The Bertz CT molecular complexity index is 1160. The van der Waals surface area contributed by atoms with Gasteiger partial charge in [-0.1, -0.05) is 0 Å². The van der Waals surface area contributed by atoms with Crippen molar-refractivity contribution >= 4 is 16.9 Å². The molecule has 6 nitrogen and oxygen atoms in total. The first kappa shape index (κ1) is 27.1. The Morgan fingerprint density at radius 3 is 2.84 bits per heavy atom. The number of pyridine rings is 1. The number of aliphatic carboxylic acids is 1. The van der Waals surface area contributed by atoms with E-state index in [1.165, 1.54) is 5.56 Å². The van der Waals surface area contributed by atoms with Gasteiger partial charge in [0.1, 0.15) is 11.9 Å². The summed E-state index contributed by atoms with van der Waals surface area (Å²) in [7, 11) is 3.66. The molecule has 0 bridgehead atoms. The maximum absolute atomic E-state index is 15.5. The van der Waals surface area contributed by atoms with E-state index in [4.69, 9.17) is 4.74 Å². The lowest BCUT2D eigenvalue weighted by molar-refractivity contribution is -0.137. The Kier molecular flexibility index (Phi) is 9.56. The van der Waals surface area contributed by atoms with Gasteiger partial charge in [0.15, 0.2) is 0 Å². The third kappa shape index (κ3) is 7.54. The number of aryl methyl sites for hydroxylation is 2. The lowest BCUT2D eigenvalue weighted by Gasteiger charge is -2.39. The van der Waals surface area contributed by atoms with Gasteiger partial charge in [0.05, 0.1) is 12.6 Å². The number of alkyl halides is 1. The smallest absolute Gasteiger partial charge is 0.303 e. The molecule has 3 heterocycles. The van der Waals surface area contributed by atoms with Crippen LogP contribution in [-0.4, -0.2) is 52.3 Å². The van der Waals surface area contributed by atoms with Crippen molar-refractivity contribution in [2.45, 2.75) is 57.5 Å². The molecule has 0 radical (unpaired) electrons. The third-order valence-electron chi connectivity index (χ3n) is 7.90. The molecule has 0 amide bonds. The number of hydrogen-bond acceptors (Lipinski definition) is 4. The third-order valence-corrected chi connectivity index (χ3v) is 7.90. The van der Waals surface area contributed by atoms with Gasteiger partial charge in [-0.05, 0) is 111 Å². The van der Waals surface area contributed by atoms with Crippen LogP contribution in [0.3, 0.4) is 0 Å². The Morgan fingerprint density at radius 2 is 2.08 bits per heavy atom. The van der Waals surface area contributed by atoms with Crippen LogP contribution in [0.5, 0.6) is 5.75 Å². The average Bonchev–Trinajstić information content (AvgIpc) is 3.33. The number of unbranched alkanes of at least 4 members (excludes halogenated alkanes) is 1. The Labute approximate surface area is 219 Å². The molecule has 1 aromatic carbocycles.